The topological polar surface area (TPSA) is 66.1 Å². The predicted molar refractivity (Wildman–Crippen MR) is 98.5 cm³/mol. The van der Waals surface area contributed by atoms with Gasteiger partial charge in [-0.3, -0.25) is 9.59 Å². The van der Waals surface area contributed by atoms with Gasteiger partial charge < -0.3 is 9.88 Å². The number of nitrogens with one attached hydrogen (secondary N) is 1. The molecule has 1 N–H and O–H groups in total. The van der Waals surface area contributed by atoms with Gasteiger partial charge in [0.25, 0.3) is 5.56 Å². The molecule has 0 radical (unpaired) electrons. The first-order chi connectivity index (χ1) is 11.6. The highest BCUT2D eigenvalue weighted by atomic mass is 32.2. The van der Waals surface area contributed by atoms with E-state index >= 15 is 0 Å². The molecular weight excluding hydrogens is 342 g/mol. The van der Waals surface area contributed by atoms with E-state index in [0.29, 0.717) is 29.0 Å². The summed E-state index contributed by atoms with van der Waals surface area (Å²) in [6.07, 6.45) is 0.445. The van der Waals surface area contributed by atoms with Crippen molar-refractivity contribution in [3.8, 4) is 0 Å². The Labute approximate surface area is 147 Å². The zero-order valence-electron chi connectivity index (χ0n) is 13.2. The summed E-state index contributed by atoms with van der Waals surface area (Å²) < 4.78 is 0.618. The second kappa shape index (κ2) is 7.63. The van der Waals surface area contributed by atoms with Crippen molar-refractivity contribution in [2.75, 3.05) is 12.8 Å². The number of benzene rings is 1. The number of H-pyrrole nitrogens is 1. The van der Waals surface area contributed by atoms with Crippen LogP contribution >= 0.6 is 23.1 Å². The van der Waals surface area contributed by atoms with Crippen LogP contribution in [-0.4, -0.2) is 33.6 Å². The monoisotopic (exact) mass is 359 g/mol. The largest absolute Gasteiger partial charge is 0.338 e. The summed E-state index contributed by atoms with van der Waals surface area (Å²) in [7, 11) is 1.73. The molecule has 2 heterocycles. The van der Waals surface area contributed by atoms with Crippen LogP contribution in [0.1, 0.15) is 12.2 Å². The number of hydrogen-bond donors (Lipinski definition) is 1. The van der Waals surface area contributed by atoms with E-state index in [9.17, 15) is 9.59 Å². The molecule has 0 unspecified atom stereocenters. The van der Waals surface area contributed by atoms with Gasteiger partial charge in [-0.1, -0.05) is 18.2 Å². The second-order valence-corrected chi connectivity index (χ2v) is 7.39. The Morgan fingerprint density at radius 1 is 1.29 bits per heavy atom. The van der Waals surface area contributed by atoms with Crippen LogP contribution < -0.4 is 5.56 Å². The van der Waals surface area contributed by atoms with E-state index in [1.54, 1.807) is 23.7 Å². The average molecular weight is 359 g/mol. The van der Waals surface area contributed by atoms with Crippen LogP contribution in [0.2, 0.25) is 0 Å². The van der Waals surface area contributed by atoms with E-state index in [1.807, 2.05) is 41.8 Å². The van der Waals surface area contributed by atoms with E-state index in [-0.39, 0.29) is 11.5 Å². The van der Waals surface area contributed by atoms with Crippen LogP contribution in [0.25, 0.3) is 10.2 Å². The Bertz CT molecular complexity index is 889. The first-order valence-electron chi connectivity index (χ1n) is 7.51. The zero-order valence-corrected chi connectivity index (χ0v) is 14.8. The molecule has 3 rings (SSSR count). The van der Waals surface area contributed by atoms with Gasteiger partial charge in [-0.25, -0.2) is 4.98 Å². The highest BCUT2D eigenvalue weighted by Gasteiger charge is 2.12. The Hall–Kier alpha value is -2.12. The summed E-state index contributed by atoms with van der Waals surface area (Å²) in [6.45, 7) is 0.301. The minimum atomic E-state index is -0.148. The summed E-state index contributed by atoms with van der Waals surface area (Å²) in [4.78, 5) is 34.1. The molecule has 0 aliphatic heterocycles. The number of carbonyl (C=O) groups excluding carboxylic acids is 1. The molecule has 5 nitrogen and oxygen atoms in total. The van der Waals surface area contributed by atoms with Crippen molar-refractivity contribution in [2.24, 2.45) is 0 Å². The lowest BCUT2D eigenvalue weighted by molar-refractivity contribution is -0.130. The van der Waals surface area contributed by atoms with Gasteiger partial charge in [0.05, 0.1) is 12.1 Å². The lowest BCUT2D eigenvalue weighted by Crippen LogP contribution is -2.28. The van der Waals surface area contributed by atoms with Gasteiger partial charge in [-0.05, 0) is 23.6 Å². The van der Waals surface area contributed by atoms with Gasteiger partial charge in [0.15, 0.2) is 0 Å². The molecule has 1 aromatic carbocycles. The number of hydrogen-bond acceptors (Lipinski definition) is 5. The molecule has 24 heavy (non-hydrogen) atoms. The molecule has 0 atom stereocenters. The number of aromatic amines is 1. The molecule has 0 aliphatic rings. The Kier molecular flexibility index (Phi) is 5.32. The fourth-order valence-electron chi connectivity index (χ4n) is 2.27. The molecule has 0 spiro atoms. The van der Waals surface area contributed by atoms with Crippen LogP contribution in [-0.2, 0) is 11.3 Å². The van der Waals surface area contributed by atoms with E-state index < -0.39 is 0 Å². The zero-order chi connectivity index (χ0) is 16.9. The second-order valence-electron chi connectivity index (χ2n) is 5.31. The van der Waals surface area contributed by atoms with Gasteiger partial charge in [-0.2, -0.15) is 0 Å². The Morgan fingerprint density at radius 3 is 2.88 bits per heavy atom. The van der Waals surface area contributed by atoms with E-state index in [1.165, 1.54) is 11.3 Å². The van der Waals surface area contributed by atoms with Crippen LogP contribution in [0.4, 0.5) is 0 Å². The number of thioether (sulfide) groups is 1. The number of carbonyl (C=O) groups is 1. The molecule has 0 aliphatic carbocycles. The van der Waals surface area contributed by atoms with Crippen LogP contribution in [0.3, 0.4) is 0 Å². The minimum Gasteiger partial charge on any atom is -0.338 e. The molecule has 0 fully saturated rings. The quantitative estimate of drug-likeness (QED) is 0.687. The van der Waals surface area contributed by atoms with Crippen molar-refractivity contribution in [2.45, 2.75) is 17.9 Å². The molecule has 0 saturated carbocycles. The number of rotatable bonds is 6. The fraction of sp³-hybridized carbons (Fsp3) is 0.235. The van der Waals surface area contributed by atoms with E-state index in [2.05, 4.69) is 9.97 Å². The molecule has 1 amide bonds. The van der Waals surface area contributed by atoms with Gasteiger partial charge >= 0.3 is 0 Å². The standard InChI is InChI=1S/C17H17N3O2S2/c1-20(15(21)8-10-23-12-5-3-2-4-6-12)11-14-18-13-7-9-24-16(13)17(22)19-14/h2-7,9H,8,10-11H2,1H3,(H,18,19,22). The number of aromatic nitrogens is 2. The maximum absolute atomic E-state index is 12.2. The molecule has 3 aromatic rings. The highest BCUT2D eigenvalue weighted by molar-refractivity contribution is 7.99. The van der Waals surface area contributed by atoms with Gasteiger partial charge in [-0.15, -0.1) is 23.1 Å². The molecular formula is C17H17N3O2S2. The summed E-state index contributed by atoms with van der Waals surface area (Å²) in [5.74, 6) is 1.27. The van der Waals surface area contributed by atoms with Crippen molar-refractivity contribution in [3.63, 3.8) is 0 Å². The van der Waals surface area contributed by atoms with E-state index in [0.717, 1.165) is 10.6 Å². The number of nitrogens with zero attached hydrogens (tertiary/aromatic N) is 2. The third-order valence-corrected chi connectivity index (χ3v) is 5.42. The van der Waals surface area contributed by atoms with Gasteiger partial charge in [0, 0.05) is 24.1 Å². The summed E-state index contributed by atoms with van der Waals surface area (Å²) in [5, 5.41) is 1.84. The summed E-state index contributed by atoms with van der Waals surface area (Å²) >= 11 is 3.03. The Morgan fingerprint density at radius 2 is 2.08 bits per heavy atom. The van der Waals surface area contributed by atoms with Crippen molar-refractivity contribution < 1.29 is 4.79 Å². The van der Waals surface area contributed by atoms with Crippen molar-refractivity contribution in [3.05, 3.63) is 58.0 Å². The third kappa shape index (κ3) is 4.04. The highest BCUT2D eigenvalue weighted by Crippen LogP contribution is 2.18. The smallest absolute Gasteiger partial charge is 0.268 e. The number of fused-ring (bicyclic) bond motifs is 1. The van der Waals surface area contributed by atoms with Crippen LogP contribution in [0.5, 0.6) is 0 Å². The number of amides is 1. The predicted octanol–water partition coefficient (Wildman–Crippen LogP) is 3.13. The number of thiophene rings is 1. The molecule has 2 aromatic heterocycles. The van der Waals surface area contributed by atoms with Crippen molar-refractivity contribution >= 4 is 39.2 Å². The maximum Gasteiger partial charge on any atom is 0.268 e. The summed E-state index contributed by atoms with van der Waals surface area (Å²) in [5.41, 5.74) is 0.532. The van der Waals surface area contributed by atoms with E-state index in [4.69, 9.17) is 0 Å². The molecule has 0 saturated heterocycles. The molecule has 7 heteroatoms. The van der Waals surface area contributed by atoms with Crippen LogP contribution in [0, 0.1) is 0 Å². The SMILES string of the molecule is CN(Cc1nc2ccsc2c(=O)[nH]1)C(=O)CCSc1ccccc1. The lowest BCUT2D eigenvalue weighted by atomic mass is 10.4. The molecule has 0 bridgehead atoms. The maximum atomic E-state index is 12.2. The Balaban J connectivity index is 1.56. The minimum absolute atomic E-state index is 0.0338. The molecule has 124 valence electrons. The van der Waals surface area contributed by atoms with Crippen molar-refractivity contribution in [1.29, 1.82) is 0 Å². The van der Waals surface area contributed by atoms with Gasteiger partial charge in [0.2, 0.25) is 5.91 Å². The van der Waals surface area contributed by atoms with Gasteiger partial charge in [0.1, 0.15) is 10.5 Å². The first-order valence-corrected chi connectivity index (χ1v) is 9.38. The third-order valence-electron chi connectivity index (χ3n) is 3.50. The van der Waals surface area contributed by atoms with Crippen molar-refractivity contribution in [1.82, 2.24) is 14.9 Å². The average Bonchev–Trinajstić information content (AvgIpc) is 3.04. The first kappa shape index (κ1) is 16.7. The lowest BCUT2D eigenvalue weighted by Gasteiger charge is -2.16. The van der Waals surface area contributed by atoms with Crippen LogP contribution in [0.15, 0.2) is 51.5 Å². The normalized spacial score (nSPS) is 10.9. The fourth-order valence-corrected chi connectivity index (χ4v) is 3.86. The summed E-state index contributed by atoms with van der Waals surface area (Å²) in [6, 6.07) is 11.8.